The van der Waals surface area contributed by atoms with Gasteiger partial charge in [-0.1, -0.05) is 35.3 Å². The van der Waals surface area contributed by atoms with Crippen LogP contribution in [0.15, 0.2) is 42.5 Å². The Kier molecular flexibility index (Phi) is 6.94. The molecule has 0 heterocycles. The van der Waals surface area contributed by atoms with Gasteiger partial charge < -0.3 is 15.4 Å². The van der Waals surface area contributed by atoms with Crippen LogP contribution in [0.5, 0.6) is 0 Å². The lowest BCUT2D eigenvalue weighted by molar-refractivity contribution is -0.146. The average Bonchev–Trinajstić information content (AvgIpc) is 2.61. The Bertz CT molecular complexity index is 845. The van der Waals surface area contributed by atoms with Crippen LogP contribution in [-0.2, 0) is 14.3 Å². The van der Waals surface area contributed by atoms with Crippen molar-refractivity contribution in [2.75, 3.05) is 18.5 Å². The van der Waals surface area contributed by atoms with Gasteiger partial charge in [0.2, 0.25) is 0 Å². The van der Waals surface area contributed by atoms with Crippen molar-refractivity contribution in [3.63, 3.8) is 0 Å². The Morgan fingerprint density at radius 1 is 1.08 bits per heavy atom. The number of ether oxygens (including phenoxy) is 1. The predicted molar refractivity (Wildman–Crippen MR) is 94.8 cm³/mol. The highest BCUT2D eigenvalue weighted by molar-refractivity contribution is 6.35. The number of carbonyl (C=O) groups is 3. The van der Waals surface area contributed by atoms with E-state index in [-0.39, 0.29) is 16.3 Å². The zero-order valence-corrected chi connectivity index (χ0v) is 14.7. The first kappa shape index (κ1) is 19.7. The van der Waals surface area contributed by atoms with Crippen molar-refractivity contribution < 1.29 is 23.5 Å². The van der Waals surface area contributed by atoms with Gasteiger partial charge in [0, 0.05) is 5.02 Å². The van der Waals surface area contributed by atoms with E-state index >= 15 is 0 Å². The molecule has 6 nitrogen and oxygen atoms in total. The number of benzene rings is 2. The molecular formula is C17H13Cl2FN2O4. The van der Waals surface area contributed by atoms with Gasteiger partial charge in [-0.3, -0.25) is 14.4 Å². The minimum atomic E-state index is -0.859. The van der Waals surface area contributed by atoms with Crippen LogP contribution in [0.1, 0.15) is 10.4 Å². The molecule has 0 fully saturated rings. The van der Waals surface area contributed by atoms with Crippen LogP contribution in [0.2, 0.25) is 10.0 Å². The summed E-state index contributed by atoms with van der Waals surface area (Å²) in [7, 11) is 0. The molecule has 2 aromatic rings. The third-order valence-corrected chi connectivity index (χ3v) is 3.64. The van der Waals surface area contributed by atoms with Gasteiger partial charge in [-0.05, 0) is 30.3 Å². The molecule has 0 atom stereocenters. The van der Waals surface area contributed by atoms with Crippen LogP contribution in [0.3, 0.4) is 0 Å². The summed E-state index contributed by atoms with van der Waals surface area (Å²) < 4.78 is 18.2. The quantitative estimate of drug-likeness (QED) is 0.732. The third-order valence-electron chi connectivity index (χ3n) is 3.08. The molecule has 9 heteroatoms. The molecule has 136 valence electrons. The lowest BCUT2D eigenvalue weighted by Crippen LogP contribution is -2.32. The molecule has 26 heavy (non-hydrogen) atoms. The summed E-state index contributed by atoms with van der Waals surface area (Å²) in [5, 5.41) is 5.28. The molecule has 0 spiro atoms. The molecule has 2 aromatic carbocycles. The first-order valence-corrected chi connectivity index (χ1v) is 8.05. The summed E-state index contributed by atoms with van der Waals surface area (Å²) in [6.45, 7) is -1.10. The Hall–Kier alpha value is -2.64. The zero-order chi connectivity index (χ0) is 19.1. The number of amides is 2. The summed E-state index contributed by atoms with van der Waals surface area (Å²) in [6.07, 6.45) is 0. The second-order valence-electron chi connectivity index (χ2n) is 5.00. The smallest absolute Gasteiger partial charge is 0.325 e. The maximum Gasteiger partial charge on any atom is 0.325 e. The fourth-order valence-electron chi connectivity index (χ4n) is 1.87. The molecule has 0 bridgehead atoms. The van der Waals surface area contributed by atoms with E-state index in [0.29, 0.717) is 5.02 Å². The maximum atomic E-state index is 13.4. The normalized spacial score (nSPS) is 10.1. The van der Waals surface area contributed by atoms with Gasteiger partial charge in [0.05, 0.1) is 16.3 Å². The van der Waals surface area contributed by atoms with Gasteiger partial charge in [-0.15, -0.1) is 0 Å². The van der Waals surface area contributed by atoms with Gasteiger partial charge in [0.15, 0.2) is 6.61 Å². The fraction of sp³-hybridized carbons (Fsp3) is 0.118. The van der Waals surface area contributed by atoms with Crippen molar-refractivity contribution in [2.24, 2.45) is 0 Å². The fourth-order valence-corrected chi connectivity index (χ4v) is 2.21. The van der Waals surface area contributed by atoms with Crippen LogP contribution in [0.25, 0.3) is 0 Å². The minimum Gasteiger partial charge on any atom is -0.454 e. The largest absolute Gasteiger partial charge is 0.454 e. The van der Waals surface area contributed by atoms with E-state index in [9.17, 15) is 18.8 Å². The molecule has 2 N–H and O–H groups in total. The van der Waals surface area contributed by atoms with E-state index in [4.69, 9.17) is 27.9 Å². The predicted octanol–water partition coefficient (Wildman–Crippen LogP) is 3.04. The van der Waals surface area contributed by atoms with Crippen LogP contribution in [0, 0.1) is 5.82 Å². The second kappa shape index (κ2) is 9.17. The van der Waals surface area contributed by atoms with Gasteiger partial charge in [0.1, 0.15) is 12.4 Å². The highest BCUT2D eigenvalue weighted by Crippen LogP contribution is 2.25. The molecular weight excluding hydrogens is 386 g/mol. The molecule has 0 saturated heterocycles. The van der Waals surface area contributed by atoms with E-state index in [1.54, 1.807) is 6.07 Å². The Balaban J connectivity index is 1.78. The lowest BCUT2D eigenvalue weighted by Gasteiger charge is -2.09. The van der Waals surface area contributed by atoms with E-state index in [1.807, 2.05) is 0 Å². The lowest BCUT2D eigenvalue weighted by atomic mass is 10.2. The summed E-state index contributed by atoms with van der Waals surface area (Å²) >= 11 is 11.7. The van der Waals surface area contributed by atoms with E-state index < -0.39 is 36.8 Å². The van der Waals surface area contributed by atoms with Gasteiger partial charge >= 0.3 is 5.97 Å². The number of carbonyl (C=O) groups excluding carboxylic acids is 3. The highest BCUT2D eigenvalue weighted by Gasteiger charge is 2.14. The molecule has 0 aliphatic carbocycles. The number of hydrogen-bond acceptors (Lipinski definition) is 4. The van der Waals surface area contributed by atoms with Crippen molar-refractivity contribution in [2.45, 2.75) is 0 Å². The van der Waals surface area contributed by atoms with Gasteiger partial charge in [0.25, 0.3) is 11.8 Å². The number of halogens is 3. The number of rotatable bonds is 6. The van der Waals surface area contributed by atoms with Crippen LogP contribution in [0.4, 0.5) is 10.1 Å². The van der Waals surface area contributed by atoms with Crippen LogP contribution in [-0.4, -0.2) is 30.9 Å². The van der Waals surface area contributed by atoms with Crippen molar-refractivity contribution in [3.8, 4) is 0 Å². The summed E-state index contributed by atoms with van der Waals surface area (Å²) in [6, 6.07) is 9.82. The zero-order valence-electron chi connectivity index (χ0n) is 13.2. The standard InChI is InChI=1S/C17H13Cl2FN2O4/c18-10-5-6-12(19)14(7-10)22-15(23)9-26-16(24)8-21-17(25)11-3-1-2-4-13(11)20/h1-7H,8-9H2,(H,21,25)(H,22,23). The number of hydrogen-bond donors (Lipinski definition) is 2. The van der Waals surface area contributed by atoms with Crippen molar-refractivity contribution in [1.29, 1.82) is 0 Å². The molecule has 0 aliphatic heterocycles. The van der Waals surface area contributed by atoms with E-state index in [0.717, 1.165) is 6.07 Å². The molecule has 2 rings (SSSR count). The summed E-state index contributed by atoms with van der Waals surface area (Å²) in [5.41, 5.74) is 0.0710. The summed E-state index contributed by atoms with van der Waals surface area (Å²) in [4.78, 5) is 35.1. The maximum absolute atomic E-state index is 13.4. The topological polar surface area (TPSA) is 84.5 Å². The Morgan fingerprint density at radius 3 is 2.54 bits per heavy atom. The molecule has 0 saturated carbocycles. The third kappa shape index (κ3) is 5.72. The Labute approximate surface area is 158 Å². The minimum absolute atomic E-state index is 0.200. The van der Waals surface area contributed by atoms with Crippen LogP contribution < -0.4 is 10.6 Å². The second-order valence-corrected chi connectivity index (χ2v) is 5.84. The van der Waals surface area contributed by atoms with Crippen molar-refractivity contribution in [1.82, 2.24) is 5.32 Å². The summed E-state index contributed by atoms with van der Waals surface area (Å²) in [5.74, 6) is -2.98. The SMILES string of the molecule is O=C(COC(=O)CNC(=O)c1ccccc1F)Nc1cc(Cl)ccc1Cl. The van der Waals surface area contributed by atoms with E-state index in [2.05, 4.69) is 10.6 Å². The van der Waals surface area contributed by atoms with Gasteiger partial charge in [-0.2, -0.15) is 0 Å². The number of anilines is 1. The van der Waals surface area contributed by atoms with Crippen LogP contribution >= 0.6 is 23.2 Å². The first-order chi connectivity index (χ1) is 12.4. The van der Waals surface area contributed by atoms with E-state index in [1.165, 1.54) is 30.3 Å². The number of nitrogens with one attached hydrogen (secondary N) is 2. The molecule has 0 unspecified atom stereocenters. The molecule has 2 amide bonds. The van der Waals surface area contributed by atoms with Crippen molar-refractivity contribution >= 4 is 46.7 Å². The highest BCUT2D eigenvalue weighted by atomic mass is 35.5. The molecule has 0 radical (unpaired) electrons. The Morgan fingerprint density at radius 2 is 1.81 bits per heavy atom. The average molecular weight is 399 g/mol. The first-order valence-electron chi connectivity index (χ1n) is 7.30. The molecule has 0 aromatic heterocycles. The molecule has 0 aliphatic rings. The number of esters is 1. The van der Waals surface area contributed by atoms with Crippen molar-refractivity contribution in [3.05, 3.63) is 63.9 Å². The monoisotopic (exact) mass is 398 g/mol. The van der Waals surface area contributed by atoms with Gasteiger partial charge in [-0.25, -0.2) is 4.39 Å².